The van der Waals surface area contributed by atoms with Crippen molar-refractivity contribution in [1.29, 1.82) is 0 Å². The largest absolute Gasteiger partial charge is 0.462 e. The van der Waals surface area contributed by atoms with Crippen LogP contribution in [0.15, 0.2) is 36.9 Å². The molecule has 0 heterocycles. The van der Waals surface area contributed by atoms with E-state index in [1.165, 1.54) is 17.2 Å². The SMILES string of the molecule is C=CC(=O)OCCc1ccccc1CN(C)C. The first-order valence-corrected chi connectivity index (χ1v) is 5.64. The van der Waals surface area contributed by atoms with Crippen LogP contribution in [-0.4, -0.2) is 31.6 Å². The molecule has 0 fully saturated rings. The highest BCUT2D eigenvalue weighted by Gasteiger charge is 2.04. The van der Waals surface area contributed by atoms with Crippen LogP contribution in [0.5, 0.6) is 0 Å². The first kappa shape index (κ1) is 13.5. The molecule has 0 unspecified atom stereocenters. The molecule has 0 bridgehead atoms. The van der Waals surface area contributed by atoms with E-state index in [0.29, 0.717) is 6.61 Å². The van der Waals surface area contributed by atoms with Crippen LogP contribution in [0.4, 0.5) is 0 Å². The lowest BCUT2D eigenvalue weighted by Crippen LogP contribution is -2.13. The predicted molar refractivity (Wildman–Crippen MR) is 68.7 cm³/mol. The summed E-state index contributed by atoms with van der Waals surface area (Å²) in [6.45, 7) is 4.65. The summed E-state index contributed by atoms with van der Waals surface area (Å²) >= 11 is 0. The normalized spacial score (nSPS) is 10.3. The molecule has 0 saturated carbocycles. The summed E-state index contributed by atoms with van der Waals surface area (Å²) in [4.78, 5) is 13.0. The van der Waals surface area contributed by atoms with Crippen LogP contribution in [-0.2, 0) is 22.5 Å². The highest BCUT2D eigenvalue weighted by Crippen LogP contribution is 2.11. The van der Waals surface area contributed by atoms with E-state index in [4.69, 9.17) is 4.74 Å². The smallest absolute Gasteiger partial charge is 0.330 e. The Balaban J connectivity index is 2.57. The fraction of sp³-hybridized carbons (Fsp3) is 0.357. The molecule has 1 aromatic carbocycles. The average molecular weight is 233 g/mol. The Morgan fingerprint density at radius 2 is 2.00 bits per heavy atom. The summed E-state index contributed by atoms with van der Waals surface area (Å²) in [6, 6.07) is 8.20. The van der Waals surface area contributed by atoms with Gasteiger partial charge in [0, 0.05) is 19.0 Å². The van der Waals surface area contributed by atoms with Crippen molar-refractivity contribution in [1.82, 2.24) is 4.90 Å². The first-order chi connectivity index (χ1) is 8.13. The van der Waals surface area contributed by atoms with Crippen LogP contribution < -0.4 is 0 Å². The molecule has 0 aromatic heterocycles. The second-order valence-corrected chi connectivity index (χ2v) is 4.13. The van der Waals surface area contributed by atoms with Gasteiger partial charge in [0.05, 0.1) is 6.61 Å². The number of carbonyl (C=O) groups is 1. The van der Waals surface area contributed by atoms with Crippen LogP contribution in [0.1, 0.15) is 11.1 Å². The molecule has 3 nitrogen and oxygen atoms in total. The van der Waals surface area contributed by atoms with Gasteiger partial charge in [-0.15, -0.1) is 0 Å². The van der Waals surface area contributed by atoms with Gasteiger partial charge in [-0.25, -0.2) is 4.79 Å². The molecule has 0 radical (unpaired) electrons. The fourth-order valence-corrected chi connectivity index (χ4v) is 1.62. The van der Waals surface area contributed by atoms with Gasteiger partial charge < -0.3 is 9.64 Å². The Morgan fingerprint density at radius 3 is 2.59 bits per heavy atom. The van der Waals surface area contributed by atoms with Gasteiger partial charge in [-0.3, -0.25) is 0 Å². The number of hydrogen-bond acceptors (Lipinski definition) is 3. The van der Waals surface area contributed by atoms with Crippen molar-refractivity contribution < 1.29 is 9.53 Å². The van der Waals surface area contributed by atoms with Gasteiger partial charge >= 0.3 is 5.97 Å². The highest BCUT2D eigenvalue weighted by atomic mass is 16.5. The van der Waals surface area contributed by atoms with Crippen molar-refractivity contribution >= 4 is 5.97 Å². The van der Waals surface area contributed by atoms with Gasteiger partial charge in [0.15, 0.2) is 0 Å². The van der Waals surface area contributed by atoms with E-state index in [2.05, 4.69) is 23.6 Å². The van der Waals surface area contributed by atoms with Crippen LogP contribution in [0, 0.1) is 0 Å². The van der Waals surface area contributed by atoms with Crippen LogP contribution in [0.25, 0.3) is 0 Å². The maximum Gasteiger partial charge on any atom is 0.330 e. The van der Waals surface area contributed by atoms with E-state index in [1.54, 1.807) is 0 Å². The van der Waals surface area contributed by atoms with Gasteiger partial charge in [-0.05, 0) is 25.2 Å². The summed E-state index contributed by atoms with van der Waals surface area (Å²) < 4.78 is 4.98. The fourth-order valence-electron chi connectivity index (χ4n) is 1.62. The third-order valence-corrected chi connectivity index (χ3v) is 2.39. The summed E-state index contributed by atoms with van der Waals surface area (Å²) in [5.41, 5.74) is 2.49. The molecule has 17 heavy (non-hydrogen) atoms. The Kier molecular flexibility index (Phi) is 5.43. The van der Waals surface area contributed by atoms with Crippen LogP contribution in [0.3, 0.4) is 0 Å². The number of rotatable bonds is 6. The van der Waals surface area contributed by atoms with E-state index < -0.39 is 0 Å². The quantitative estimate of drug-likeness (QED) is 0.556. The molecule has 0 spiro atoms. The van der Waals surface area contributed by atoms with Crippen LogP contribution >= 0.6 is 0 Å². The monoisotopic (exact) mass is 233 g/mol. The second-order valence-electron chi connectivity index (χ2n) is 4.13. The third-order valence-electron chi connectivity index (χ3n) is 2.39. The Morgan fingerprint density at radius 1 is 1.35 bits per heavy atom. The molecule has 0 saturated heterocycles. The van der Waals surface area contributed by atoms with Gasteiger partial charge in [-0.1, -0.05) is 30.8 Å². The van der Waals surface area contributed by atoms with Crippen molar-refractivity contribution in [3.8, 4) is 0 Å². The molecular formula is C14H19NO2. The Hall–Kier alpha value is -1.61. The molecule has 1 aromatic rings. The minimum atomic E-state index is -0.366. The number of esters is 1. The molecule has 0 aliphatic carbocycles. The van der Waals surface area contributed by atoms with E-state index in [9.17, 15) is 4.79 Å². The van der Waals surface area contributed by atoms with Crippen molar-refractivity contribution in [3.63, 3.8) is 0 Å². The van der Waals surface area contributed by atoms with Gasteiger partial charge in [0.25, 0.3) is 0 Å². The first-order valence-electron chi connectivity index (χ1n) is 5.64. The Bertz CT molecular complexity index is 386. The van der Waals surface area contributed by atoms with Crippen LogP contribution in [0.2, 0.25) is 0 Å². The third kappa shape index (κ3) is 4.83. The average Bonchev–Trinajstić information content (AvgIpc) is 2.30. The number of hydrogen-bond donors (Lipinski definition) is 0. The molecule has 0 atom stereocenters. The van der Waals surface area contributed by atoms with Crippen molar-refractivity contribution in [2.24, 2.45) is 0 Å². The van der Waals surface area contributed by atoms with E-state index >= 15 is 0 Å². The lowest BCUT2D eigenvalue weighted by Gasteiger charge is -2.14. The lowest BCUT2D eigenvalue weighted by molar-refractivity contribution is -0.137. The predicted octanol–water partition coefficient (Wildman–Crippen LogP) is 2.02. The van der Waals surface area contributed by atoms with Gasteiger partial charge in [-0.2, -0.15) is 0 Å². The molecule has 0 aliphatic rings. The molecule has 0 aliphatic heterocycles. The molecular weight excluding hydrogens is 214 g/mol. The molecule has 1 rings (SSSR count). The molecule has 92 valence electrons. The van der Waals surface area contributed by atoms with E-state index in [1.807, 2.05) is 26.2 Å². The minimum absolute atomic E-state index is 0.366. The number of carbonyl (C=O) groups excluding carboxylic acids is 1. The second kappa shape index (κ2) is 6.86. The zero-order valence-corrected chi connectivity index (χ0v) is 10.5. The number of benzene rings is 1. The summed E-state index contributed by atoms with van der Waals surface area (Å²) in [7, 11) is 4.07. The van der Waals surface area contributed by atoms with Crippen molar-refractivity contribution in [2.45, 2.75) is 13.0 Å². The van der Waals surface area contributed by atoms with Gasteiger partial charge in [0.2, 0.25) is 0 Å². The maximum absolute atomic E-state index is 10.9. The lowest BCUT2D eigenvalue weighted by atomic mass is 10.0. The number of ether oxygens (including phenoxy) is 1. The standard InChI is InChI=1S/C14H19NO2/c1-4-14(16)17-10-9-12-7-5-6-8-13(12)11-15(2)3/h4-8H,1,9-11H2,2-3H3. The summed E-state index contributed by atoms with van der Waals surface area (Å²) in [6.07, 6.45) is 1.93. The maximum atomic E-state index is 10.9. The highest BCUT2D eigenvalue weighted by molar-refractivity contribution is 5.81. The van der Waals surface area contributed by atoms with Crippen molar-refractivity contribution in [3.05, 3.63) is 48.0 Å². The topological polar surface area (TPSA) is 29.5 Å². The summed E-state index contributed by atoms with van der Waals surface area (Å²) in [5.74, 6) is -0.366. The Labute approximate surface area is 103 Å². The molecule has 0 amide bonds. The van der Waals surface area contributed by atoms with Crippen molar-refractivity contribution in [2.75, 3.05) is 20.7 Å². The van der Waals surface area contributed by atoms with E-state index in [0.717, 1.165) is 13.0 Å². The number of nitrogens with zero attached hydrogens (tertiary/aromatic N) is 1. The molecule has 0 N–H and O–H groups in total. The minimum Gasteiger partial charge on any atom is -0.462 e. The van der Waals surface area contributed by atoms with E-state index in [-0.39, 0.29) is 5.97 Å². The summed E-state index contributed by atoms with van der Waals surface area (Å²) in [5, 5.41) is 0. The zero-order valence-electron chi connectivity index (χ0n) is 10.5. The molecule has 3 heteroatoms. The zero-order chi connectivity index (χ0) is 12.7. The van der Waals surface area contributed by atoms with Gasteiger partial charge in [0.1, 0.15) is 0 Å².